The molecular weight excluding hydrogens is 140 g/mol. The van der Waals surface area contributed by atoms with Crippen molar-refractivity contribution >= 4 is 5.97 Å². The Labute approximate surface area is 66.5 Å². The third-order valence-electron chi connectivity index (χ3n) is 1.83. The van der Waals surface area contributed by atoms with Crippen LogP contribution in [0.4, 0.5) is 0 Å². The molecule has 1 unspecified atom stereocenters. The first-order valence-corrected chi connectivity index (χ1v) is 3.76. The van der Waals surface area contributed by atoms with Crippen LogP contribution >= 0.6 is 0 Å². The van der Waals surface area contributed by atoms with Gasteiger partial charge in [-0.1, -0.05) is 18.7 Å². The smallest absolute Gasteiger partial charge is 0.334 e. The maximum absolute atomic E-state index is 11.1. The Morgan fingerprint density at radius 1 is 1.73 bits per heavy atom. The van der Waals surface area contributed by atoms with Crippen molar-refractivity contribution in [3.63, 3.8) is 0 Å². The van der Waals surface area contributed by atoms with Crippen molar-refractivity contribution in [1.29, 1.82) is 0 Å². The zero-order valence-corrected chi connectivity index (χ0v) is 6.67. The van der Waals surface area contributed by atoms with Gasteiger partial charge >= 0.3 is 5.97 Å². The molecule has 1 saturated heterocycles. The minimum Gasteiger partial charge on any atom is -0.455 e. The van der Waals surface area contributed by atoms with Gasteiger partial charge in [0, 0.05) is 5.57 Å². The number of hydrogen-bond acceptors (Lipinski definition) is 2. The van der Waals surface area contributed by atoms with Crippen LogP contribution in [0.1, 0.15) is 19.8 Å². The van der Waals surface area contributed by atoms with E-state index in [-0.39, 0.29) is 12.1 Å². The van der Waals surface area contributed by atoms with E-state index < -0.39 is 0 Å². The van der Waals surface area contributed by atoms with Gasteiger partial charge < -0.3 is 4.74 Å². The Balaban J connectivity index is 2.61. The van der Waals surface area contributed by atoms with Crippen molar-refractivity contribution in [1.82, 2.24) is 0 Å². The molecule has 0 N–H and O–H groups in total. The number of allylic oxidation sites excluding steroid dienone is 1. The quantitative estimate of drug-likeness (QED) is 0.325. The molecular formula is C9H12O2. The molecule has 0 amide bonds. The van der Waals surface area contributed by atoms with Gasteiger partial charge in [-0.25, -0.2) is 4.79 Å². The lowest BCUT2D eigenvalue weighted by Crippen LogP contribution is -2.23. The van der Waals surface area contributed by atoms with E-state index in [0.29, 0.717) is 0 Å². The van der Waals surface area contributed by atoms with Gasteiger partial charge in [0.2, 0.25) is 0 Å². The zero-order chi connectivity index (χ0) is 8.27. The topological polar surface area (TPSA) is 26.3 Å². The average molecular weight is 152 g/mol. The Morgan fingerprint density at radius 3 is 2.91 bits per heavy atom. The van der Waals surface area contributed by atoms with E-state index in [1.165, 1.54) is 0 Å². The molecule has 1 atom stereocenters. The summed E-state index contributed by atoms with van der Waals surface area (Å²) in [6, 6.07) is 0. The summed E-state index contributed by atoms with van der Waals surface area (Å²) in [5.74, 6) is -0.191. The molecule has 0 aromatic heterocycles. The molecule has 0 spiro atoms. The predicted molar refractivity (Wildman–Crippen MR) is 43.1 cm³/mol. The number of ether oxygens (including phenoxy) is 1. The van der Waals surface area contributed by atoms with Crippen molar-refractivity contribution in [2.45, 2.75) is 25.9 Å². The van der Waals surface area contributed by atoms with E-state index in [2.05, 4.69) is 6.58 Å². The van der Waals surface area contributed by atoms with E-state index in [4.69, 9.17) is 4.74 Å². The third-order valence-corrected chi connectivity index (χ3v) is 1.83. The van der Waals surface area contributed by atoms with Crippen molar-refractivity contribution in [2.75, 3.05) is 0 Å². The Hall–Kier alpha value is -1.05. The normalized spacial score (nSPS) is 28.3. The molecule has 1 rings (SSSR count). The lowest BCUT2D eigenvalue weighted by atomic mass is 10.0. The fraction of sp³-hybridized carbons (Fsp3) is 0.444. The molecule has 0 aliphatic carbocycles. The summed E-state index contributed by atoms with van der Waals surface area (Å²) >= 11 is 0. The van der Waals surface area contributed by atoms with Crippen molar-refractivity contribution in [3.8, 4) is 0 Å². The van der Waals surface area contributed by atoms with E-state index in [1.54, 1.807) is 6.08 Å². The van der Waals surface area contributed by atoms with Crippen LogP contribution in [0.2, 0.25) is 0 Å². The number of esters is 1. The molecule has 0 aromatic rings. The monoisotopic (exact) mass is 152 g/mol. The van der Waals surface area contributed by atoms with Crippen molar-refractivity contribution in [3.05, 3.63) is 24.3 Å². The fourth-order valence-corrected chi connectivity index (χ4v) is 1.10. The van der Waals surface area contributed by atoms with E-state index in [1.807, 2.05) is 13.0 Å². The predicted octanol–water partition coefficient (Wildman–Crippen LogP) is 1.82. The number of carbonyl (C=O) groups is 1. The van der Waals surface area contributed by atoms with Gasteiger partial charge in [-0.2, -0.15) is 0 Å². The van der Waals surface area contributed by atoms with Gasteiger partial charge in [0.05, 0.1) is 0 Å². The highest BCUT2D eigenvalue weighted by Crippen LogP contribution is 2.19. The summed E-state index contributed by atoms with van der Waals surface area (Å²) < 4.78 is 5.01. The van der Waals surface area contributed by atoms with Gasteiger partial charge in [-0.05, 0) is 19.8 Å². The molecule has 2 heteroatoms. The Kier molecular flexibility index (Phi) is 2.47. The lowest BCUT2D eigenvalue weighted by Gasteiger charge is -2.20. The molecule has 60 valence electrons. The Morgan fingerprint density at radius 2 is 2.45 bits per heavy atom. The molecule has 1 fully saturated rings. The highest BCUT2D eigenvalue weighted by Gasteiger charge is 2.21. The number of rotatable bonds is 1. The highest BCUT2D eigenvalue weighted by atomic mass is 16.5. The van der Waals surface area contributed by atoms with Crippen molar-refractivity contribution in [2.24, 2.45) is 0 Å². The summed E-state index contributed by atoms with van der Waals surface area (Å²) in [4.78, 5) is 11.1. The summed E-state index contributed by atoms with van der Waals surface area (Å²) in [6.45, 7) is 5.42. The maximum Gasteiger partial charge on any atom is 0.334 e. The number of cyclic esters (lactones) is 1. The highest BCUT2D eigenvalue weighted by molar-refractivity contribution is 5.89. The first-order valence-electron chi connectivity index (χ1n) is 3.76. The summed E-state index contributed by atoms with van der Waals surface area (Å²) in [5, 5.41) is 0. The largest absolute Gasteiger partial charge is 0.455 e. The van der Waals surface area contributed by atoms with Crippen LogP contribution in [0.5, 0.6) is 0 Å². The summed E-state index contributed by atoms with van der Waals surface area (Å²) in [7, 11) is 0. The molecule has 1 aliphatic rings. The first-order chi connectivity index (χ1) is 5.27. The van der Waals surface area contributed by atoms with Crippen LogP contribution < -0.4 is 0 Å². The second-order valence-electron chi connectivity index (χ2n) is 2.53. The Bertz CT molecular complexity index is 204. The van der Waals surface area contributed by atoms with Crippen molar-refractivity contribution < 1.29 is 9.53 Å². The molecule has 0 radical (unpaired) electrons. The zero-order valence-electron chi connectivity index (χ0n) is 6.67. The number of hydrogen-bond donors (Lipinski definition) is 0. The molecule has 2 nitrogen and oxygen atoms in total. The maximum atomic E-state index is 11.1. The summed E-state index contributed by atoms with van der Waals surface area (Å²) in [6.07, 6.45) is 5.08. The minimum atomic E-state index is -0.191. The standard InChI is InChI=1S/C9H12O2/c1-3-7-5-6-8(4-2)11-9(7)10/h3-4,8H,2,5-6H2,1H3. The SMILES string of the molecule is C=CC1CCC(=CC)C(=O)O1. The molecule has 0 saturated carbocycles. The van der Waals surface area contributed by atoms with Gasteiger partial charge in [0.15, 0.2) is 0 Å². The molecule has 1 aliphatic heterocycles. The fourth-order valence-electron chi connectivity index (χ4n) is 1.10. The molecule has 1 heterocycles. The molecule has 11 heavy (non-hydrogen) atoms. The van der Waals surface area contributed by atoms with Crippen LogP contribution in [0, 0.1) is 0 Å². The average Bonchev–Trinajstić information content (AvgIpc) is 2.04. The minimum absolute atomic E-state index is 0.0776. The van der Waals surface area contributed by atoms with E-state index in [9.17, 15) is 4.79 Å². The van der Waals surface area contributed by atoms with Crippen LogP contribution in [-0.4, -0.2) is 12.1 Å². The second-order valence-corrected chi connectivity index (χ2v) is 2.53. The van der Waals surface area contributed by atoms with Gasteiger partial charge in [-0.3, -0.25) is 0 Å². The molecule has 0 aromatic carbocycles. The lowest BCUT2D eigenvalue weighted by molar-refractivity contribution is -0.145. The molecule has 0 bridgehead atoms. The van der Waals surface area contributed by atoms with Crippen LogP contribution in [-0.2, 0) is 9.53 Å². The van der Waals surface area contributed by atoms with Gasteiger partial charge in [-0.15, -0.1) is 0 Å². The second kappa shape index (κ2) is 3.37. The number of carbonyl (C=O) groups excluding carboxylic acids is 1. The van der Waals surface area contributed by atoms with Crippen LogP contribution in [0.3, 0.4) is 0 Å². The van der Waals surface area contributed by atoms with Gasteiger partial charge in [0.25, 0.3) is 0 Å². The first kappa shape index (κ1) is 8.05. The van der Waals surface area contributed by atoms with E-state index in [0.717, 1.165) is 18.4 Å². The van der Waals surface area contributed by atoms with Gasteiger partial charge in [0.1, 0.15) is 6.10 Å². The third kappa shape index (κ3) is 1.70. The summed E-state index contributed by atoms with van der Waals surface area (Å²) in [5.41, 5.74) is 0.781. The van der Waals surface area contributed by atoms with Crippen LogP contribution in [0.25, 0.3) is 0 Å². The van der Waals surface area contributed by atoms with Crippen LogP contribution in [0.15, 0.2) is 24.3 Å². The van der Waals surface area contributed by atoms with E-state index >= 15 is 0 Å².